The number of anilines is 3. The van der Waals surface area contributed by atoms with Crippen LogP contribution in [0.4, 0.5) is 22.1 Å². The molecule has 2 saturated heterocycles. The number of hydrogen-bond donors (Lipinski definition) is 2. The number of carbonyl (C=O) groups excluding carboxylic acids is 1. The van der Waals surface area contributed by atoms with Crippen molar-refractivity contribution in [2.45, 2.75) is 18.9 Å². The van der Waals surface area contributed by atoms with Gasteiger partial charge in [-0.1, -0.05) is 18.2 Å². The van der Waals surface area contributed by atoms with Crippen LogP contribution in [0, 0.1) is 0 Å². The number of benzene rings is 2. The summed E-state index contributed by atoms with van der Waals surface area (Å²) in [4.78, 5) is 28.7. The molecule has 0 saturated carbocycles. The molecular formula is C28H35N7O2. The first-order valence-electron chi connectivity index (χ1n) is 12.9. The third-order valence-corrected chi connectivity index (χ3v) is 7.25. The molecule has 3 heterocycles. The van der Waals surface area contributed by atoms with Crippen molar-refractivity contribution in [2.24, 2.45) is 0 Å². The molecule has 2 aromatic carbocycles. The van der Waals surface area contributed by atoms with Crippen LogP contribution in [0.15, 0.2) is 60.9 Å². The molecule has 37 heavy (non-hydrogen) atoms. The van der Waals surface area contributed by atoms with E-state index in [9.17, 15) is 4.79 Å². The minimum atomic E-state index is -0.0553. The Morgan fingerprint density at radius 3 is 2.24 bits per heavy atom. The summed E-state index contributed by atoms with van der Waals surface area (Å²) < 4.78 is 5.22. The van der Waals surface area contributed by atoms with Gasteiger partial charge in [-0.3, -0.25) is 4.90 Å². The maximum Gasteiger partial charge on any atom is 0.321 e. The minimum absolute atomic E-state index is 0.0553. The molecule has 0 radical (unpaired) electrons. The molecule has 2 amide bonds. The summed E-state index contributed by atoms with van der Waals surface area (Å²) in [6, 6.07) is 16.0. The second-order valence-electron chi connectivity index (χ2n) is 9.72. The largest absolute Gasteiger partial charge is 0.497 e. The van der Waals surface area contributed by atoms with Gasteiger partial charge >= 0.3 is 6.03 Å². The number of piperidine rings is 1. The third kappa shape index (κ3) is 6.36. The third-order valence-electron chi connectivity index (χ3n) is 7.25. The van der Waals surface area contributed by atoms with E-state index in [4.69, 9.17) is 4.74 Å². The van der Waals surface area contributed by atoms with Crippen LogP contribution in [0.3, 0.4) is 0 Å². The molecular weight excluding hydrogens is 466 g/mol. The quantitative estimate of drug-likeness (QED) is 0.525. The SMILES string of the molecule is COc1ccc(-c2cnc(Nc3cccc(NC(=O)N4CCN(C5CCN(C)CC5)CC4)c3)nc2)cc1. The first-order chi connectivity index (χ1) is 18.1. The summed E-state index contributed by atoms with van der Waals surface area (Å²) in [6.45, 7) is 5.71. The Bertz CT molecular complexity index is 1170. The first-order valence-corrected chi connectivity index (χ1v) is 12.9. The number of hydrogen-bond acceptors (Lipinski definition) is 7. The number of amides is 2. The van der Waals surface area contributed by atoms with Crippen LogP contribution in [0.25, 0.3) is 11.1 Å². The fourth-order valence-electron chi connectivity index (χ4n) is 4.98. The van der Waals surface area contributed by atoms with E-state index in [1.165, 1.54) is 12.8 Å². The molecule has 9 nitrogen and oxygen atoms in total. The van der Waals surface area contributed by atoms with E-state index in [1.807, 2.05) is 53.4 Å². The summed E-state index contributed by atoms with van der Waals surface area (Å²) in [5.74, 6) is 1.30. The van der Waals surface area contributed by atoms with Crippen molar-refractivity contribution in [2.75, 3.05) is 64.1 Å². The first kappa shape index (κ1) is 25.0. The van der Waals surface area contributed by atoms with Crippen molar-refractivity contribution in [3.63, 3.8) is 0 Å². The number of carbonyl (C=O) groups is 1. The topological polar surface area (TPSA) is 85.9 Å². The zero-order chi connectivity index (χ0) is 25.6. The zero-order valence-corrected chi connectivity index (χ0v) is 21.6. The second-order valence-corrected chi connectivity index (χ2v) is 9.72. The van der Waals surface area contributed by atoms with Gasteiger partial charge in [0.2, 0.25) is 5.95 Å². The molecule has 3 aromatic rings. The molecule has 0 spiro atoms. The van der Waals surface area contributed by atoms with Crippen molar-refractivity contribution >= 4 is 23.4 Å². The van der Waals surface area contributed by atoms with Gasteiger partial charge < -0.3 is 25.2 Å². The fourth-order valence-corrected chi connectivity index (χ4v) is 4.98. The summed E-state index contributed by atoms with van der Waals surface area (Å²) in [5.41, 5.74) is 3.49. The van der Waals surface area contributed by atoms with Crippen LogP contribution in [-0.2, 0) is 0 Å². The van der Waals surface area contributed by atoms with Gasteiger partial charge in [-0.05, 0) is 68.9 Å². The fraction of sp³-hybridized carbons (Fsp3) is 0.393. The molecule has 9 heteroatoms. The Morgan fingerprint density at radius 1 is 0.892 bits per heavy atom. The highest BCUT2D eigenvalue weighted by Gasteiger charge is 2.28. The molecule has 1 aromatic heterocycles. The highest BCUT2D eigenvalue weighted by atomic mass is 16.5. The lowest BCUT2D eigenvalue weighted by atomic mass is 10.0. The number of urea groups is 1. The van der Waals surface area contributed by atoms with E-state index in [2.05, 4.69) is 37.4 Å². The molecule has 0 unspecified atom stereocenters. The van der Waals surface area contributed by atoms with Gasteiger partial charge in [-0.2, -0.15) is 0 Å². The Kier molecular flexibility index (Phi) is 7.82. The van der Waals surface area contributed by atoms with Crippen LogP contribution >= 0.6 is 0 Å². The average molecular weight is 502 g/mol. The number of piperazine rings is 1. The molecule has 194 valence electrons. The van der Waals surface area contributed by atoms with Crippen molar-refractivity contribution in [3.05, 3.63) is 60.9 Å². The minimum Gasteiger partial charge on any atom is -0.497 e. The van der Waals surface area contributed by atoms with Crippen LogP contribution in [0.2, 0.25) is 0 Å². The maximum absolute atomic E-state index is 12.9. The summed E-state index contributed by atoms with van der Waals surface area (Å²) in [7, 11) is 3.84. The van der Waals surface area contributed by atoms with E-state index in [-0.39, 0.29) is 6.03 Å². The van der Waals surface area contributed by atoms with Crippen molar-refractivity contribution in [1.29, 1.82) is 0 Å². The van der Waals surface area contributed by atoms with Crippen molar-refractivity contribution < 1.29 is 9.53 Å². The van der Waals surface area contributed by atoms with E-state index in [0.717, 1.165) is 67.5 Å². The van der Waals surface area contributed by atoms with Gasteiger partial charge in [-0.25, -0.2) is 14.8 Å². The number of aromatic nitrogens is 2. The average Bonchev–Trinajstić information content (AvgIpc) is 2.94. The Balaban J connectivity index is 1.13. The lowest BCUT2D eigenvalue weighted by Gasteiger charge is -2.42. The number of likely N-dealkylation sites (tertiary alicyclic amines) is 1. The molecule has 2 N–H and O–H groups in total. The van der Waals surface area contributed by atoms with Crippen LogP contribution < -0.4 is 15.4 Å². The summed E-state index contributed by atoms with van der Waals surface area (Å²) in [5, 5.41) is 6.27. The number of rotatable bonds is 6. The van der Waals surface area contributed by atoms with Crippen molar-refractivity contribution in [3.8, 4) is 16.9 Å². The highest BCUT2D eigenvalue weighted by Crippen LogP contribution is 2.23. The molecule has 5 rings (SSSR count). The number of nitrogens with zero attached hydrogens (tertiary/aromatic N) is 5. The molecule has 2 aliphatic rings. The van der Waals surface area contributed by atoms with Gasteiger partial charge in [0.05, 0.1) is 7.11 Å². The molecule has 0 bridgehead atoms. The van der Waals surface area contributed by atoms with E-state index in [1.54, 1.807) is 19.5 Å². The lowest BCUT2D eigenvalue weighted by Crippen LogP contribution is -2.54. The van der Waals surface area contributed by atoms with Crippen LogP contribution in [0.5, 0.6) is 5.75 Å². The van der Waals surface area contributed by atoms with E-state index < -0.39 is 0 Å². The van der Waals surface area contributed by atoms with Crippen LogP contribution in [0.1, 0.15) is 12.8 Å². The second kappa shape index (κ2) is 11.6. The smallest absolute Gasteiger partial charge is 0.321 e. The molecule has 2 fully saturated rings. The number of nitrogens with one attached hydrogen (secondary N) is 2. The van der Waals surface area contributed by atoms with E-state index >= 15 is 0 Å². The molecule has 0 atom stereocenters. The Morgan fingerprint density at radius 2 is 1.57 bits per heavy atom. The van der Waals surface area contributed by atoms with Gasteiger partial charge in [0.15, 0.2) is 0 Å². The van der Waals surface area contributed by atoms with Gasteiger partial charge in [0.25, 0.3) is 0 Å². The monoisotopic (exact) mass is 501 g/mol. The molecule has 0 aliphatic carbocycles. The Hall–Kier alpha value is -3.69. The standard InChI is InChI=1S/C28H35N7O2/c1-33-12-10-25(11-13-33)34-14-16-35(17-15-34)28(36)32-24-5-3-4-23(18-24)31-27-29-19-22(20-30-27)21-6-8-26(37-2)9-7-21/h3-9,18-20,25H,10-17H2,1-2H3,(H,32,36)(H,29,30,31). The highest BCUT2D eigenvalue weighted by molar-refractivity contribution is 5.90. The maximum atomic E-state index is 12.9. The van der Waals surface area contributed by atoms with Crippen molar-refractivity contribution in [1.82, 2.24) is 24.7 Å². The van der Waals surface area contributed by atoms with Gasteiger partial charge in [-0.15, -0.1) is 0 Å². The Labute approximate surface area is 218 Å². The number of methoxy groups -OCH3 is 1. The predicted molar refractivity (Wildman–Crippen MR) is 146 cm³/mol. The van der Waals surface area contributed by atoms with Crippen LogP contribution in [-0.4, -0.2) is 90.2 Å². The zero-order valence-electron chi connectivity index (χ0n) is 21.6. The van der Waals surface area contributed by atoms with E-state index in [0.29, 0.717) is 12.0 Å². The van der Waals surface area contributed by atoms with Gasteiger partial charge in [0, 0.05) is 61.6 Å². The normalized spacial score (nSPS) is 17.4. The lowest BCUT2D eigenvalue weighted by molar-refractivity contribution is 0.0775. The predicted octanol–water partition coefficient (Wildman–Crippen LogP) is 4.14. The number of ether oxygens (including phenoxy) is 1. The summed E-state index contributed by atoms with van der Waals surface area (Å²) in [6.07, 6.45) is 6.01. The van der Waals surface area contributed by atoms with Gasteiger partial charge in [0.1, 0.15) is 5.75 Å². The summed E-state index contributed by atoms with van der Waals surface area (Å²) >= 11 is 0. The molecule has 2 aliphatic heterocycles.